The monoisotopic (exact) mass is 481 g/mol. The van der Waals surface area contributed by atoms with Crippen LogP contribution < -0.4 is 10.2 Å². The topological polar surface area (TPSA) is 52.7 Å². The highest BCUT2D eigenvalue weighted by molar-refractivity contribution is 6.10. The van der Waals surface area contributed by atoms with Crippen molar-refractivity contribution in [3.63, 3.8) is 0 Å². The Hall–Kier alpha value is -3.44. The Bertz CT molecular complexity index is 1190. The first-order chi connectivity index (χ1) is 17.7. The van der Waals surface area contributed by atoms with Gasteiger partial charge in [0.1, 0.15) is 0 Å². The normalized spacial score (nSPS) is 16.2. The Morgan fingerprint density at radius 3 is 2.33 bits per heavy atom. The molecule has 1 aliphatic heterocycles. The number of fused-ring (bicyclic) bond motifs is 1. The maximum atomic E-state index is 13.7. The van der Waals surface area contributed by atoms with Gasteiger partial charge in [-0.25, -0.2) is 0 Å². The molecule has 1 saturated carbocycles. The summed E-state index contributed by atoms with van der Waals surface area (Å²) in [6.45, 7) is 3.30. The van der Waals surface area contributed by atoms with Crippen molar-refractivity contribution >= 4 is 17.5 Å². The zero-order valence-corrected chi connectivity index (χ0v) is 20.9. The van der Waals surface area contributed by atoms with E-state index >= 15 is 0 Å². The molecule has 0 unspecified atom stereocenters. The second kappa shape index (κ2) is 11.5. The van der Waals surface area contributed by atoms with Crippen molar-refractivity contribution in [2.75, 3.05) is 24.5 Å². The molecule has 5 heteroatoms. The van der Waals surface area contributed by atoms with Crippen LogP contribution in [0.1, 0.15) is 63.9 Å². The second-order valence-corrected chi connectivity index (χ2v) is 9.90. The van der Waals surface area contributed by atoms with Gasteiger partial charge in [-0.15, -0.1) is 0 Å². The van der Waals surface area contributed by atoms with Gasteiger partial charge in [-0.1, -0.05) is 73.9 Å². The molecule has 2 aliphatic rings. The average molecular weight is 482 g/mol. The molecule has 0 aromatic heterocycles. The van der Waals surface area contributed by atoms with Crippen LogP contribution in [0, 0.1) is 0 Å². The van der Waals surface area contributed by atoms with Crippen molar-refractivity contribution in [1.29, 1.82) is 0 Å². The number of benzene rings is 3. The van der Waals surface area contributed by atoms with Crippen molar-refractivity contribution < 1.29 is 9.59 Å². The summed E-state index contributed by atoms with van der Waals surface area (Å²) in [5.74, 6) is -0.153. The molecule has 1 heterocycles. The minimum Gasteiger partial charge on any atom is -0.351 e. The number of carbonyl (C=O) groups excluding carboxylic acids is 2. The van der Waals surface area contributed by atoms with Gasteiger partial charge in [0.05, 0.1) is 11.3 Å². The van der Waals surface area contributed by atoms with Crippen LogP contribution in [0.3, 0.4) is 0 Å². The number of rotatable bonds is 7. The van der Waals surface area contributed by atoms with Gasteiger partial charge in [-0.3, -0.25) is 14.5 Å². The molecule has 3 aromatic carbocycles. The molecule has 1 fully saturated rings. The summed E-state index contributed by atoms with van der Waals surface area (Å²) in [6, 6.07) is 25.7. The van der Waals surface area contributed by atoms with E-state index in [9.17, 15) is 9.59 Å². The van der Waals surface area contributed by atoms with Gasteiger partial charge in [-0.05, 0) is 54.7 Å². The highest BCUT2D eigenvalue weighted by Gasteiger charge is 2.30. The number of nitrogens with zero attached hydrogens (tertiary/aromatic N) is 2. The Morgan fingerprint density at radius 2 is 1.53 bits per heavy atom. The van der Waals surface area contributed by atoms with E-state index < -0.39 is 0 Å². The molecule has 5 rings (SSSR count). The van der Waals surface area contributed by atoms with Crippen LogP contribution >= 0.6 is 0 Å². The van der Waals surface area contributed by atoms with Crippen molar-refractivity contribution in [2.45, 2.75) is 51.1 Å². The number of carbonyl (C=O) groups is 2. The summed E-state index contributed by atoms with van der Waals surface area (Å²) in [7, 11) is 0. The van der Waals surface area contributed by atoms with Gasteiger partial charge >= 0.3 is 0 Å². The van der Waals surface area contributed by atoms with Crippen LogP contribution in [-0.2, 0) is 13.0 Å². The maximum Gasteiger partial charge on any atom is 0.258 e. The van der Waals surface area contributed by atoms with E-state index in [0.29, 0.717) is 23.4 Å². The third kappa shape index (κ3) is 5.52. The van der Waals surface area contributed by atoms with Gasteiger partial charge in [0.25, 0.3) is 11.8 Å². The van der Waals surface area contributed by atoms with E-state index in [0.717, 1.165) is 51.7 Å². The Labute approximate surface area is 214 Å². The minimum absolute atomic E-state index is 0.0327. The van der Waals surface area contributed by atoms with Crippen LogP contribution in [0.25, 0.3) is 0 Å². The first-order valence-corrected chi connectivity index (χ1v) is 13.3. The predicted octanol–water partition coefficient (Wildman–Crippen LogP) is 5.45. The lowest BCUT2D eigenvalue weighted by Gasteiger charge is -2.35. The number of hydrogen-bond acceptors (Lipinski definition) is 3. The third-order valence-corrected chi connectivity index (χ3v) is 7.51. The van der Waals surface area contributed by atoms with E-state index in [1.54, 1.807) is 0 Å². The summed E-state index contributed by atoms with van der Waals surface area (Å²) < 4.78 is 0. The minimum atomic E-state index is -0.121. The van der Waals surface area contributed by atoms with Gasteiger partial charge in [-0.2, -0.15) is 0 Å². The number of amides is 2. The molecule has 1 aliphatic carbocycles. The molecular formula is C31H35N3O2. The molecule has 0 saturated heterocycles. The smallest absolute Gasteiger partial charge is 0.258 e. The number of para-hydroxylation sites is 1. The fourth-order valence-corrected chi connectivity index (χ4v) is 5.57. The number of anilines is 1. The van der Waals surface area contributed by atoms with Gasteiger partial charge in [0.15, 0.2) is 0 Å². The first-order valence-electron chi connectivity index (χ1n) is 13.3. The molecule has 0 radical (unpaired) electrons. The van der Waals surface area contributed by atoms with Gasteiger partial charge in [0.2, 0.25) is 0 Å². The largest absolute Gasteiger partial charge is 0.351 e. The fourth-order valence-electron chi connectivity index (χ4n) is 5.57. The molecule has 3 aromatic rings. The van der Waals surface area contributed by atoms with Crippen molar-refractivity contribution in [1.82, 2.24) is 10.2 Å². The summed E-state index contributed by atoms with van der Waals surface area (Å²) in [5.41, 5.74) is 4.74. The van der Waals surface area contributed by atoms with Crippen LogP contribution in [0.4, 0.5) is 5.69 Å². The number of nitrogens with one attached hydrogen (secondary N) is 1. The maximum absolute atomic E-state index is 13.7. The first kappa shape index (κ1) is 24.3. The summed E-state index contributed by atoms with van der Waals surface area (Å²) in [6.07, 6.45) is 6.39. The van der Waals surface area contributed by atoms with Crippen LogP contribution in [0.15, 0.2) is 78.9 Å². The molecule has 0 atom stereocenters. The SMILES string of the molecule is O=C(NCCN1CCc2ccccc2C1)c1ccccc1N(C(=O)c1ccccc1)C1CCCCC1. The van der Waals surface area contributed by atoms with Crippen molar-refractivity contribution in [3.05, 3.63) is 101 Å². The van der Waals surface area contributed by atoms with E-state index in [1.165, 1.54) is 17.5 Å². The highest BCUT2D eigenvalue weighted by atomic mass is 16.2. The van der Waals surface area contributed by atoms with Crippen LogP contribution in [0.2, 0.25) is 0 Å². The second-order valence-electron chi connectivity index (χ2n) is 9.90. The van der Waals surface area contributed by atoms with Crippen LogP contribution in [-0.4, -0.2) is 42.4 Å². The predicted molar refractivity (Wildman–Crippen MR) is 144 cm³/mol. The van der Waals surface area contributed by atoms with Gasteiger partial charge < -0.3 is 10.2 Å². The highest BCUT2D eigenvalue weighted by Crippen LogP contribution is 2.31. The molecule has 1 N–H and O–H groups in total. The molecule has 36 heavy (non-hydrogen) atoms. The summed E-state index contributed by atoms with van der Waals surface area (Å²) in [5, 5.41) is 3.13. The van der Waals surface area contributed by atoms with E-state index in [1.807, 2.05) is 59.5 Å². The Balaban J connectivity index is 1.31. The number of hydrogen-bond donors (Lipinski definition) is 1. The fraction of sp³-hybridized carbons (Fsp3) is 0.355. The lowest BCUT2D eigenvalue weighted by atomic mass is 9.92. The summed E-state index contributed by atoms with van der Waals surface area (Å²) in [4.78, 5) is 31.4. The summed E-state index contributed by atoms with van der Waals surface area (Å²) >= 11 is 0. The van der Waals surface area contributed by atoms with E-state index in [-0.39, 0.29) is 17.9 Å². The lowest BCUT2D eigenvalue weighted by Crippen LogP contribution is -2.43. The van der Waals surface area contributed by atoms with E-state index in [2.05, 4.69) is 34.5 Å². The molecule has 186 valence electrons. The molecule has 0 bridgehead atoms. The zero-order chi connectivity index (χ0) is 24.7. The Kier molecular flexibility index (Phi) is 7.77. The zero-order valence-electron chi connectivity index (χ0n) is 20.9. The molecular weight excluding hydrogens is 446 g/mol. The average Bonchev–Trinajstić information content (AvgIpc) is 2.94. The lowest BCUT2D eigenvalue weighted by molar-refractivity contribution is 0.0947. The van der Waals surface area contributed by atoms with E-state index in [4.69, 9.17) is 0 Å². The standard InChI is InChI=1S/C31H35N3O2/c35-30(32-20-22-33-21-19-24-11-7-8-14-26(24)23-33)28-17-9-10-18-29(28)34(27-15-5-2-6-16-27)31(36)25-12-3-1-4-13-25/h1,3-4,7-14,17-18,27H,2,5-6,15-16,19-23H2,(H,32,35). The third-order valence-electron chi connectivity index (χ3n) is 7.51. The molecule has 2 amide bonds. The quantitative estimate of drug-likeness (QED) is 0.488. The van der Waals surface area contributed by atoms with Crippen molar-refractivity contribution in [3.8, 4) is 0 Å². The van der Waals surface area contributed by atoms with Crippen molar-refractivity contribution in [2.24, 2.45) is 0 Å². The Morgan fingerprint density at radius 1 is 0.833 bits per heavy atom. The van der Waals surface area contributed by atoms with Crippen LogP contribution in [0.5, 0.6) is 0 Å². The molecule has 5 nitrogen and oxygen atoms in total. The molecule has 0 spiro atoms. The van der Waals surface area contributed by atoms with Gasteiger partial charge in [0, 0.05) is 37.8 Å².